The van der Waals surface area contributed by atoms with Crippen molar-refractivity contribution in [1.82, 2.24) is 5.32 Å². The van der Waals surface area contributed by atoms with Gasteiger partial charge in [0, 0.05) is 12.2 Å². The normalized spacial score (nSPS) is 11.7. The van der Waals surface area contributed by atoms with Crippen LogP contribution in [-0.2, 0) is 4.79 Å². The van der Waals surface area contributed by atoms with Crippen LogP contribution in [0.15, 0.2) is 18.2 Å². The third-order valence-corrected chi connectivity index (χ3v) is 2.76. The van der Waals surface area contributed by atoms with Crippen molar-refractivity contribution >= 4 is 17.7 Å². The zero-order valence-corrected chi connectivity index (χ0v) is 10.8. The number of carboxylic acid groups (broad SMARTS) is 1. The van der Waals surface area contributed by atoms with Crippen molar-refractivity contribution < 1.29 is 14.7 Å². The molecule has 5 nitrogen and oxygen atoms in total. The van der Waals surface area contributed by atoms with Gasteiger partial charge in [-0.25, -0.2) is 4.79 Å². The summed E-state index contributed by atoms with van der Waals surface area (Å²) in [5, 5.41) is 13.9. The summed E-state index contributed by atoms with van der Waals surface area (Å²) in [5.74, 6) is -1.53. The smallest absolute Gasteiger partial charge is 0.319 e. The quantitative estimate of drug-likeness (QED) is 0.766. The minimum absolute atomic E-state index is 0.103. The van der Waals surface area contributed by atoms with Crippen molar-refractivity contribution in [2.45, 2.75) is 20.8 Å². The van der Waals surface area contributed by atoms with Gasteiger partial charge in [-0.05, 0) is 37.1 Å². The average molecular weight is 250 g/mol. The minimum Gasteiger partial charge on any atom is -0.481 e. The number of urea groups is 1. The molecule has 0 fully saturated rings. The van der Waals surface area contributed by atoms with Crippen LogP contribution < -0.4 is 10.6 Å². The van der Waals surface area contributed by atoms with E-state index >= 15 is 0 Å². The topological polar surface area (TPSA) is 78.4 Å². The number of benzene rings is 1. The predicted molar refractivity (Wildman–Crippen MR) is 69.7 cm³/mol. The van der Waals surface area contributed by atoms with Crippen molar-refractivity contribution in [3.63, 3.8) is 0 Å². The van der Waals surface area contributed by atoms with E-state index < -0.39 is 17.9 Å². The highest BCUT2D eigenvalue weighted by molar-refractivity contribution is 5.89. The van der Waals surface area contributed by atoms with Gasteiger partial charge in [-0.2, -0.15) is 0 Å². The lowest BCUT2D eigenvalue weighted by Crippen LogP contribution is -2.34. The van der Waals surface area contributed by atoms with Crippen molar-refractivity contribution in [3.05, 3.63) is 29.3 Å². The summed E-state index contributed by atoms with van der Waals surface area (Å²) in [7, 11) is 0. The second-order valence-corrected chi connectivity index (χ2v) is 4.37. The first-order chi connectivity index (χ1) is 8.40. The maximum absolute atomic E-state index is 11.5. The molecule has 0 saturated heterocycles. The number of hydrogen-bond acceptors (Lipinski definition) is 2. The molecule has 98 valence electrons. The Hall–Kier alpha value is -2.04. The van der Waals surface area contributed by atoms with Gasteiger partial charge >= 0.3 is 12.0 Å². The zero-order valence-electron chi connectivity index (χ0n) is 10.8. The predicted octanol–water partition coefficient (Wildman–Crippen LogP) is 2.15. The third kappa shape index (κ3) is 4.08. The molecule has 0 saturated carbocycles. The Labute approximate surface area is 106 Å². The number of nitrogens with one attached hydrogen (secondary N) is 2. The van der Waals surface area contributed by atoms with Crippen LogP contribution in [0.1, 0.15) is 18.1 Å². The van der Waals surface area contributed by atoms with Crippen LogP contribution >= 0.6 is 0 Å². The number of carboxylic acids is 1. The second kappa shape index (κ2) is 6.05. The van der Waals surface area contributed by atoms with E-state index in [0.29, 0.717) is 5.69 Å². The third-order valence-electron chi connectivity index (χ3n) is 2.76. The standard InChI is InChI=1S/C13H18N2O3/c1-8-4-5-11(6-9(8)2)15-13(18)14-7-10(3)12(16)17/h4-6,10H,7H2,1-3H3,(H,16,17)(H2,14,15,18). The Morgan fingerprint density at radius 1 is 1.28 bits per heavy atom. The molecule has 0 bridgehead atoms. The molecule has 18 heavy (non-hydrogen) atoms. The number of aryl methyl sites for hydroxylation is 2. The van der Waals surface area contributed by atoms with Crippen molar-refractivity contribution in [1.29, 1.82) is 0 Å². The van der Waals surface area contributed by atoms with Gasteiger partial charge in [-0.15, -0.1) is 0 Å². The van der Waals surface area contributed by atoms with Gasteiger partial charge in [0.05, 0.1) is 5.92 Å². The van der Waals surface area contributed by atoms with Crippen LogP contribution in [-0.4, -0.2) is 23.7 Å². The molecule has 3 N–H and O–H groups in total. The molecule has 1 atom stereocenters. The molecule has 1 aromatic rings. The molecule has 0 spiro atoms. The first-order valence-electron chi connectivity index (χ1n) is 5.75. The molecule has 0 aliphatic carbocycles. The van der Waals surface area contributed by atoms with Gasteiger partial charge in [0.1, 0.15) is 0 Å². The number of rotatable bonds is 4. The maximum atomic E-state index is 11.5. The fourth-order valence-electron chi connectivity index (χ4n) is 1.33. The van der Waals surface area contributed by atoms with Crippen LogP contribution in [0.2, 0.25) is 0 Å². The Bertz CT molecular complexity index is 458. The first kappa shape index (κ1) is 14.0. The van der Waals surface area contributed by atoms with Crippen LogP contribution in [0.4, 0.5) is 10.5 Å². The minimum atomic E-state index is -0.929. The van der Waals surface area contributed by atoms with Crippen molar-refractivity contribution in [2.24, 2.45) is 5.92 Å². The molecule has 0 aliphatic heterocycles. The lowest BCUT2D eigenvalue weighted by atomic mass is 10.1. The number of anilines is 1. The van der Waals surface area contributed by atoms with E-state index in [1.54, 1.807) is 6.92 Å². The highest BCUT2D eigenvalue weighted by atomic mass is 16.4. The largest absolute Gasteiger partial charge is 0.481 e. The van der Waals surface area contributed by atoms with Gasteiger partial charge in [0.2, 0.25) is 0 Å². The molecule has 5 heteroatoms. The van der Waals surface area contributed by atoms with Gasteiger partial charge in [0.15, 0.2) is 0 Å². The molecular weight excluding hydrogens is 232 g/mol. The van der Waals surface area contributed by atoms with Crippen LogP contribution in [0.3, 0.4) is 0 Å². The Balaban J connectivity index is 2.49. The second-order valence-electron chi connectivity index (χ2n) is 4.37. The Morgan fingerprint density at radius 3 is 2.50 bits per heavy atom. The molecule has 1 aromatic carbocycles. The van der Waals surface area contributed by atoms with E-state index in [1.807, 2.05) is 32.0 Å². The van der Waals surface area contributed by atoms with Gasteiger partial charge in [-0.3, -0.25) is 4.79 Å². The number of carbonyl (C=O) groups is 2. The molecule has 1 unspecified atom stereocenters. The summed E-state index contributed by atoms with van der Waals surface area (Å²) < 4.78 is 0. The zero-order chi connectivity index (χ0) is 13.7. The molecule has 0 aromatic heterocycles. The SMILES string of the molecule is Cc1ccc(NC(=O)NCC(C)C(=O)O)cc1C. The summed E-state index contributed by atoms with van der Waals surface area (Å²) in [6.45, 7) is 5.60. The van der Waals surface area contributed by atoms with E-state index in [2.05, 4.69) is 10.6 Å². The fraction of sp³-hybridized carbons (Fsp3) is 0.385. The Kier molecular flexibility index (Phi) is 4.71. The molecule has 1 rings (SSSR count). The van der Waals surface area contributed by atoms with Crippen LogP contribution in [0.25, 0.3) is 0 Å². The van der Waals surface area contributed by atoms with E-state index in [9.17, 15) is 9.59 Å². The summed E-state index contributed by atoms with van der Waals surface area (Å²) in [6, 6.07) is 5.20. The van der Waals surface area contributed by atoms with Gasteiger partial charge < -0.3 is 15.7 Å². The van der Waals surface area contributed by atoms with E-state index in [-0.39, 0.29) is 6.54 Å². The number of aliphatic carboxylic acids is 1. The molecular formula is C13H18N2O3. The van der Waals surface area contributed by atoms with Crippen LogP contribution in [0, 0.1) is 19.8 Å². The summed E-state index contributed by atoms with van der Waals surface area (Å²) in [6.07, 6.45) is 0. The highest BCUT2D eigenvalue weighted by Crippen LogP contribution is 2.13. The number of amides is 2. The molecule has 0 radical (unpaired) electrons. The molecule has 2 amide bonds. The fourth-order valence-corrected chi connectivity index (χ4v) is 1.33. The molecule has 0 aliphatic rings. The summed E-state index contributed by atoms with van der Waals surface area (Å²) >= 11 is 0. The van der Waals surface area contributed by atoms with Crippen molar-refractivity contribution in [3.8, 4) is 0 Å². The highest BCUT2D eigenvalue weighted by Gasteiger charge is 2.12. The van der Waals surface area contributed by atoms with E-state index in [1.165, 1.54) is 0 Å². The lowest BCUT2D eigenvalue weighted by Gasteiger charge is -2.10. The molecule has 0 heterocycles. The first-order valence-corrected chi connectivity index (χ1v) is 5.75. The number of hydrogen-bond donors (Lipinski definition) is 3. The number of carbonyl (C=O) groups excluding carboxylic acids is 1. The summed E-state index contributed by atoms with van der Waals surface area (Å²) in [5.41, 5.74) is 2.94. The van der Waals surface area contributed by atoms with Crippen molar-refractivity contribution in [2.75, 3.05) is 11.9 Å². The maximum Gasteiger partial charge on any atom is 0.319 e. The Morgan fingerprint density at radius 2 is 1.94 bits per heavy atom. The lowest BCUT2D eigenvalue weighted by molar-refractivity contribution is -0.140. The van der Waals surface area contributed by atoms with Crippen LogP contribution in [0.5, 0.6) is 0 Å². The van der Waals surface area contributed by atoms with E-state index in [4.69, 9.17) is 5.11 Å². The van der Waals surface area contributed by atoms with Gasteiger partial charge in [0.25, 0.3) is 0 Å². The monoisotopic (exact) mass is 250 g/mol. The average Bonchev–Trinajstić information content (AvgIpc) is 2.30. The van der Waals surface area contributed by atoms with E-state index in [0.717, 1.165) is 11.1 Å². The summed E-state index contributed by atoms with van der Waals surface area (Å²) in [4.78, 5) is 22.1. The van der Waals surface area contributed by atoms with Gasteiger partial charge in [-0.1, -0.05) is 13.0 Å².